The maximum absolute atomic E-state index is 12.3. The minimum absolute atomic E-state index is 0.0830. The van der Waals surface area contributed by atoms with Gasteiger partial charge in [0.15, 0.2) is 0 Å². The van der Waals surface area contributed by atoms with E-state index in [-0.39, 0.29) is 12.0 Å². The fourth-order valence-corrected chi connectivity index (χ4v) is 2.73. The number of carbonyl (C=O) groups excluding carboxylic acids is 1. The molecule has 0 aliphatic heterocycles. The average molecular weight is 301 g/mol. The Hall–Kier alpha value is -2.70. The van der Waals surface area contributed by atoms with Crippen molar-refractivity contribution in [2.75, 3.05) is 0 Å². The average Bonchev–Trinajstić information content (AvgIpc) is 2.45. The maximum Gasteiger partial charge on any atom is 0.305 e. The summed E-state index contributed by atoms with van der Waals surface area (Å²) in [5.41, 5.74) is -0.840. The first-order valence-corrected chi connectivity index (χ1v) is 7.01. The van der Waals surface area contributed by atoms with Crippen LogP contribution in [0.4, 0.5) is 0 Å². The molecule has 0 aromatic carbocycles. The summed E-state index contributed by atoms with van der Waals surface area (Å²) in [7, 11) is 0. The summed E-state index contributed by atoms with van der Waals surface area (Å²) >= 11 is 0. The van der Waals surface area contributed by atoms with Gasteiger partial charge in [-0.3, -0.25) is 18.8 Å². The maximum atomic E-state index is 12.3. The second kappa shape index (κ2) is 5.25. The van der Waals surface area contributed by atoms with Gasteiger partial charge in [-0.1, -0.05) is 6.07 Å². The van der Waals surface area contributed by atoms with Crippen LogP contribution in [0.5, 0.6) is 0 Å². The zero-order chi connectivity index (χ0) is 15.7. The number of hydrogen-bond acceptors (Lipinski definition) is 4. The van der Waals surface area contributed by atoms with Gasteiger partial charge in [0.05, 0.1) is 12.0 Å². The highest BCUT2D eigenvalue weighted by atomic mass is 16.4. The molecule has 1 aliphatic carbocycles. The van der Waals surface area contributed by atoms with Crippen molar-refractivity contribution < 1.29 is 14.7 Å². The molecule has 0 bridgehead atoms. The van der Waals surface area contributed by atoms with Crippen LogP contribution in [-0.4, -0.2) is 31.9 Å². The second-order valence-corrected chi connectivity index (χ2v) is 5.56. The standard InChI is InChI=1S/C15H15N3O4/c19-12(20)8-15(5-3-6-15)17-13(21)10-9-16-11-4-1-2-7-18(11)14(10)22/h1-2,4,7,9H,3,5-6,8H2,(H,17,21)(H,19,20). The van der Waals surface area contributed by atoms with Gasteiger partial charge in [-0.25, -0.2) is 4.98 Å². The molecule has 1 saturated carbocycles. The molecular formula is C15H15N3O4. The Balaban J connectivity index is 1.91. The Morgan fingerprint density at radius 2 is 2.14 bits per heavy atom. The van der Waals surface area contributed by atoms with E-state index in [1.807, 2.05) is 0 Å². The number of aromatic nitrogens is 2. The predicted octanol–water partition coefficient (Wildman–Crippen LogP) is 0.822. The molecule has 3 rings (SSSR count). The molecule has 2 aromatic rings. The number of aliphatic carboxylic acids is 1. The van der Waals surface area contributed by atoms with Gasteiger partial charge >= 0.3 is 5.97 Å². The van der Waals surface area contributed by atoms with Gasteiger partial charge in [0.25, 0.3) is 11.5 Å². The van der Waals surface area contributed by atoms with Gasteiger partial charge in [0.2, 0.25) is 0 Å². The third-order valence-electron chi connectivity index (χ3n) is 4.04. The summed E-state index contributed by atoms with van der Waals surface area (Å²) in [5.74, 6) is -1.54. The topological polar surface area (TPSA) is 101 Å². The highest BCUT2D eigenvalue weighted by Gasteiger charge is 2.40. The van der Waals surface area contributed by atoms with Crippen molar-refractivity contribution in [3.63, 3.8) is 0 Å². The zero-order valence-electron chi connectivity index (χ0n) is 11.8. The first-order chi connectivity index (χ1) is 10.5. The van der Waals surface area contributed by atoms with E-state index in [2.05, 4.69) is 10.3 Å². The molecule has 22 heavy (non-hydrogen) atoms. The van der Waals surface area contributed by atoms with Crippen LogP contribution in [0.1, 0.15) is 36.0 Å². The summed E-state index contributed by atoms with van der Waals surface area (Å²) in [5, 5.41) is 11.7. The molecule has 2 aromatic heterocycles. The number of fused-ring (bicyclic) bond motifs is 1. The van der Waals surface area contributed by atoms with E-state index in [1.54, 1.807) is 18.2 Å². The number of carboxylic acids is 1. The van der Waals surface area contributed by atoms with E-state index < -0.39 is 23.0 Å². The van der Waals surface area contributed by atoms with Crippen LogP contribution in [0.3, 0.4) is 0 Å². The Morgan fingerprint density at radius 3 is 2.77 bits per heavy atom. The van der Waals surface area contributed by atoms with Gasteiger partial charge in [0.1, 0.15) is 11.2 Å². The summed E-state index contributed by atoms with van der Waals surface area (Å²) < 4.78 is 1.29. The van der Waals surface area contributed by atoms with Gasteiger partial charge in [-0.2, -0.15) is 0 Å². The van der Waals surface area contributed by atoms with Crippen LogP contribution in [0.2, 0.25) is 0 Å². The molecule has 7 nitrogen and oxygen atoms in total. The Bertz CT molecular complexity index is 808. The number of carbonyl (C=O) groups is 2. The van der Waals surface area contributed by atoms with Crippen LogP contribution in [0.25, 0.3) is 5.65 Å². The van der Waals surface area contributed by atoms with Crippen molar-refractivity contribution in [1.82, 2.24) is 14.7 Å². The fourth-order valence-electron chi connectivity index (χ4n) is 2.73. The Labute approximate surface area is 125 Å². The molecule has 7 heteroatoms. The number of carboxylic acid groups (broad SMARTS) is 1. The quantitative estimate of drug-likeness (QED) is 0.870. The number of hydrogen-bond donors (Lipinski definition) is 2. The summed E-state index contributed by atoms with van der Waals surface area (Å²) in [4.78, 5) is 39.7. The summed E-state index contributed by atoms with van der Waals surface area (Å²) in [6, 6.07) is 5.09. The van der Waals surface area contributed by atoms with Crippen molar-refractivity contribution in [2.24, 2.45) is 0 Å². The minimum atomic E-state index is -0.964. The Morgan fingerprint density at radius 1 is 1.36 bits per heavy atom. The van der Waals surface area contributed by atoms with Gasteiger partial charge in [-0.15, -0.1) is 0 Å². The van der Waals surface area contributed by atoms with Gasteiger partial charge in [-0.05, 0) is 31.4 Å². The monoisotopic (exact) mass is 301 g/mol. The second-order valence-electron chi connectivity index (χ2n) is 5.56. The van der Waals surface area contributed by atoms with Crippen molar-refractivity contribution >= 4 is 17.5 Å². The first kappa shape index (κ1) is 14.2. The number of nitrogens with one attached hydrogen (secondary N) is 1. The van der Waals surface area contributed by atoms with Crippen molar-refractivity contribution in [3.05, 3.63) is 46.5 Å². The number of amides is 1. The van der Waals surface area contributed by atoms with E-state index >= 15 is 0 Å². The fraction of sp³-hybridized carbons (Fsp3) is 0.333. The molecule has 0 unspecified atom stereocenters. The summed E-state index contributed by atoms with van der Waals surface area (Å²) in [6.45, 7) is 0. The lowest BCUT2D eigenvalue weighted by atomic mass is 9.74. The molecular weight excluding hydrogens is 286 g/mol. The zero-order valence-corrected chi connectivity index (χ0v) is 11.8. The third kappa shape index (κ3) is 2.45. The van der Waals surface area contributed by atoms with Crippen LogP contribution >= 0.6 is 0 Å². The van der Waals surface area contributed by atoms with Crippen molar-refractivity contribution in [1.29, 1.82) is 0 Å². The van der Waals surface area contributed by atoms with Crippen molar-refractivity contribution in [2.45, 2.75) is 31.2 Å². The lowest BCUT2D eigenvalue weighted by Crippen LogP contribution is -2.55. The molecule has 0 saturated heterocycles. The highest BCUT2D eigenvalue weighted by molar-refractivity contribution is 5.94. The first-order valence-electron chi connectivity index (χ1n) is 7.01. The van der Waals surface area contributed by atoms with Gasteiger partial charge < -0.3 is 10.4 Å². The highest BCUT2D eigenvalue weighted by Crippen LogP contribution is 2.35. The molecule has 114 valence electrons. The van der Waals surface area contributed by atoms with Crippen LogP contribution in [0, 0.1) is 0 Å². The van der Waals surface area contributed by atoms with E-state index in [0.717, 1.165) is 6.42 Å². The number of nitrogens with zero attached hydrogens (tertiary/aromatic N) is 2. The van der Waals surface area contributed by atoms with Crippen molar-refractivity contribution in [3.8, 4) is 0 Å². The van der Waals surface area contributed by atoms with Gasteiger partial charge in [0, 0.05) is 12.4 Å². The predicted molar refractivity (Wildman–Crippen MR) is 77.8 cm³/mol. The number of rotatable bonds is 4. The van der Waals surface area contributed by atoms with E-state index in [0.29, 0.717) is 18.5 Å². The van der Waals surface area contributed by atoms with Crippen LogP contribution in [0.15, 0.2) is 35.4 Å². The normalized spacial score (nSPS) is 16.0. The molecule has 0 atom stereocenters. The summed E-state index contributed by atoms with van der Waals surface area (Å²) in [6.07, 6.45) is 4.71. The smallest absolute Gasteiger partial charge is 0.305 e. The Kier molecular flexibility index (Phi) is 3.40. The van der Waals surface area contributed by atoms with E-state index in [9.17, 15) is 14.4 Å². The molecule has 1 fully saturated rings. The lowest BCUT2D eigenvalue weighted by Gasteiger charge is -2.41. The van der Waals surface area contributed by atoms with E-state index in [1.165, 1.54) is 16.8 Å². The molecule has 0 spiro atoms. The third-order valence-corrected chi connectivity index (χ3v) is 4.04. The molecule has 2 N–H and O–H groups in total. The van der Waals surface area contributed by atoms with Crippen LogP contribution < -0.4 is 10.9 Å². The van der Waals surface area contributed by atoms with E-state index in [4.69, 9.17) is 5.11 Å². The lowest BCUT2D eigenvalue weighted by molar-refractivity contribution is -0.139. The molecule has 1 aliphatic rings. The number of pyridine rings is 1. The minimum Gasteiger partial charge on any atom is -0.481 e. The van der Waals surface area contributed by atoms with Crippen LogP contribution in [-0.2, 0) is 4.79 Å². The SMILES string of the molecule is O=C(O)CC1(NC(=O)c2cnc3ccccn3c2=O)CCC1. The molecule has 1 amide bonds. The largest absolute Gasteiger partial charge is 0.481 e. The molecule has 2 heterocycles. The molecule has 0 radical (unpaired) electrons.